The van der Waals surface area contributed by atoms with Crippen LogP contribution in [0.25, 0.3) is 0 Å². The summed E-state index contributed by atoms with van der Waals surface area (Å²) in [6.45, 7) is 3.81. The maximum absolute atomic E-state index is 12.1. The Kier molecular flexibility index (Phi) is 8.36. The van der Waals surface area contributed by atoms with Crippen molar-refractivity contribution in [2.45, 2.75) is 20.4 Å². The lowest BCUT2D eigenvalue weighted by Crippen LogP contribution is -2.34. The minimum atomic E-state index is -0.991. The molecule has 0 spiro atoms. The smallest absolute Gasteiger partial charge is 0.329 e. The van der Waals surface area contributed by atoms with Crippen molar-refractivity contribution >= 4 is 52.8 Å². The van der Waals surface area contributed by atoms with Gasteiger partial charge in [0.25, 0.3) is 0 Å². The van der Waals surface area contributed by atoms with Crippen LogP contribution in [0, 0.1) is 13.8 Å². The number of hydrazone groups is 1. The third-order valence-corrected chi connectivity index (χ3v) is 4.96. The first-order valence-corrected chi connectivity index (χ1v) is 10.7. The maximum atomic E-state index is 12.1. The number of benzene rings is 2. The monoisotopic (exact) mass is 495 g/mol. The predicted molar refractivity (Wildman–Crippen MR) is 131 cm³/mol. The number of hydrogen-bond donors (Lipinski definition) is 4. The average molecular weight is 496 g/mol. The molecule has 2 aromatic carbocycles. The van der Waals surface area contributed by atoms with Crippen molar-refractivity contribution in [1.82, 2.24) is 10.7 Å². The molecule has 4 amide bonds. The van der Waals surface area contributed by atoms with Gasteiger partial charge in [0.2, 0.25) is 0 Å². The van der Waals surface area contributed by atoms with E-state index in [1.165, 1.54) is 12.3 Å². The van der Waals surface area contributed by atoms with Crippen molar-refractivity contribution in [3.63, 3.8) is 0 Å². The van der Waals surface area contributed by atoms with E-state index in [1.54, 1.807) is 42.5 Å². The minimum absolute atomic E-state index is 0.0403. The zero-order valence-electron chi connectivity index (χ0n) is 18.8. The normalized spacial score (nSPS) is 10.6. The van der Waals surface area contributed by atoms with Gasteiger partial charge in [-0.1, -0.05) is 23.7 Å². The van der Waals surface area contributed by atoms with Crippen LogP contribution in [0.15, 0.2) is 64.1 Å². The molecule has 180 valence electrons. The number of carbonyl (C=O) groups is 4. The van der Waals surface area contributed by atoms with Crippen molar-refractivity contribution in [1.29, 1.82) is 0 Å². The largest absolute Gasteiger partial charge is 0.458 e. The molecule has 0 aliphatic heterocycles. The predicted octanol–water partition coefficient (Wildman–Crippen LogP) is 2.89. The molecule has 0 unspecified atom stereocenters. The first kappa shape index (κ1) is 25.2. The van der Waals surface area contributed by atoms with Gasteiger partial charge in [-0.15, -0.1) is 0 Å². The SMILES string of the molecule is Cc1ccc(NC(=O)C(=O)NCc2ccc(/C=N/NC(=O)C(=O)Nc3cccc(Cl)c3)o2)cc1C. The van der Waals surface area contributed by atoms with Crippen LogP contribution in [0.1, 0.15) is 22.6 Å². The lowest BCUT2D eigenvalue weighted by atomic mass is 10.1. The first-order valence-electron chi connectivity index (χ1n) is 10.4. The van der Waals surface area contributed by atoms with Crippen molar-refractivity contribution in [3.8, 4) is 0 Å². The molecule has 1 aromatic heterocycles. The molecule has 0 bridgehead atoms. The molecule has 0 aliphatic rings. The van der Waals surface area contributed by atoms with Crippen LogP contribution in [0.2, 0.25) is 5.02 Å². The summed E-state index contributed by atoms with van der Waals surface area (Å²) in [4.78, 5) is 47.9. The van der Waals surface area contributed by atoms with Crippen LogP contribution < -0.4 is 21.4 Å². The van der Waals surface area contributed by atoms with Crippen LogP contribution in [0.3, 0.4) is 0 Å². The Morgan fingerprint density at radius 2 is 1.57 bits per heavy atom. The molecule has 35 heavy (non-hydrogen) atoms. The zero-order chi connectivity index (χ0) is 25.4. The highest BCUT2D eigenvalue weighted by molar-refractivity contribution is 6.40. The molecular weight excluding hydrogens is 474 g/mol. The Morgan fingerprint density at radius 1 is 0.857 bits per heavy atom. The first-order chi connectivity index (χ1) is 16.7. The van der Waals surface area contributed by atoms with Gasteiger partial charge in [-0.2, -0.15) is 5.10 Å². The number of anilines is 2. The van der Waals surface area contributed by atoms with Gasteiger partial charge in [-0.25, -0.2) is 5.43 Å². The molecule has 0 atom stereocenters. The Bertz CT molecular complexity index is 1300. The second-order valence-corrected chi connectivity index (χ2v) is 7.84. The number of carbonyl (C=O) groups excluding carboxylic acids is 4. The van der Waals surface area contributed by atoms with E-state index in [0.29, 0.717) is 22.2 Å². The number of nitrogens with zero attached hydrogens (tertiary/aromatic N) is 1. The topological polar surface area (TPSA) is 142 Å². The molecular formula is C24H22ClN5O5. The van der Waals surface area contributed by atoms with Gasteiger partial charge >= 0.3 is 23.6 Å². The summed E-state index contributed by atoms with van der Waals surface area (Å²) in [7, 11) is 0. The van der Waals surface area contributed by atoms with E-state index in [4.69, 9.17) is 16.0 Å². The zero-order valence-corrected chi connectivity index (χ0v) is 19.6. The van der Waals surface area contributed by atoms with Crippen molar-refractivity contribution in [2.75, 3.05) is 10.6 Å². The van der Waals surface area contributed by atoms with Crippen LogP contribution in [-0.2, 0) is 25.7 Å². The summed E-state index contributed by atoms with van der Waals surface area (Å²) in [5.41, 5.74) is 5.02. The Hall–Kier alpha value is -4.44. The standard InChI is InChI=1S/C24H22ClN5O5/c1-14-6-7-18(10-15(14)2)29-22(32)21(31)26-12-19-8-9-20(35-19)13-27-30-24(34)23(33)28-17-5-3-4-16(25)11-17/h3-11,13H,12H2,1-2H3,(H,26,31)(H,28,33)(H,29,32)(H,30,34)/b27-13+. The van der Waals surface area contributed by atoms with E-state index in [9.17, 15) is 19.2 Å². The van der Waals surface area contributed by atoms with E-state index in [0.717, 1.165) is 11.1 Å². The molecule has 10 nitrogen and oxygen atoms in total. The Morgan fingerprint density at radius 3 is 2.29 bits per heavy atom. The fraction of sp³-hybridized carbons (Fsp3) is 0.125. The summed E-state index contributed by atoms with van der Waals surface area (Å²) >= 11 is 5.83. The van der Waals surface area contributed by atoms with Gasteiger partial charge in [-0.3, -0.25) is 19.2 Å². The summed E-state index contributed by atoms with van der Waals surface area (Å²) in [6, 6.07) is 14.8. The van der Waals surface area contributed by atoms with Crippen LogP contribution in [-0.4, -0.2) is 29.8 Å². The van der Waals surface area contributed by atoms with Crippen LogP contribution >= 0.6 is 11.6 Å². The molecule has 3 aromatic rings. The van der Waals surface area contributed by atoms with Gasteiger partial charge in [0, 0.05) is 16.4 Å². The fourth-order valence-electron chi connectivity index (χ4n) is 2.77. The summed E-state index contributed by atoms with van der Waals surface area (Å²) in [5, 5.41) is 11.4. The van der Waals surface area contributed by atoms with Gasteiger partial charge < -0.3 is 20.4 Å². The molecule has 3 rings (SSSR count). The molecule has 0 fully saturated rings. The summed E-state index contributed by atoms with van der Waals surface area (Å²) < 4.78 is 5.45. The summed E-state index contributed by atoms with van der Waals surface area (Å²) in [6.07, 6.45) is 1.18. The number of aryl methyl sites for hydroxylation is 2. The van der Waals surface area contributed by atoms with Crippen molar-refractivity contribution in [2.24, 2.45) is 5.10 Å². The third-order valence-electron chi connectivity index (χ3n) is 4.72. The van der Waals surface area contributed by atoms with E-state index in [1.807, 2.05) is 19.9 Å². The van der Waals surface area contributed by atoms with E-state index < -0.39 is 23.6 Å². The second-order valence-electron chi connectivity index (χ2n) is 7.40. The average Bonchev–Trinajstić information content (AvgIpc) is 3.27. The quantitative estimate of drug-likeness (QED) is 0.236. The Labute approximate surface area is 205 Å². The van der Waals surface area contributed by atoms with Gasteiger partial charge in [0.05, 0.1) is 12.8 Å². The number of nitrogens with one attached hydrogen (secondary N) is 4. The molecule has 11 heteroatoms. The highest BCUT2D eigenvalue weighted by Gasteiger charge is 2.15. The molecule has 0 radical (unpaired) electrons. The number of rotatable bonds is 6. The summed E-state index contributed by atoms with van der Waals surface area (Å²) in [5.74, 6) is -2.94. The van der Waals surface area contributed by atoms with Crippen molar-refractivity contribution in [3.05, 3.63) is 82.3 Å². The van der Waals surface area contributed by atoms with Gasteiger partial charge in [0.1, 0.15) is 11.5 Å². The number of furan rings is 1. The third kappa shape index (κ3) is 7.54. The Balaban J connectivity index is 1.44. The fourth-order valence-corrected chi connectivity index (χ4v) is 2.96. The van der Waals surface area contributed by atoms with Gasteiger partial charge in [-0.05, 0) is 67.4 Å². The molecule has 0 aliphatic carbocycles. The van der Waals surface area contributed by atoms with Gasteiger partial charge in [0.15, 0.2) is 0 Å². The van der Waals surface area contributed by atoms with E-state index >= 15 is 0 Å². The lowest BCUT2D eigenvalue weighted by molar-refractivity contribution is -0.136. The lowest BCUT2D eigenvalue weighted by Gasteiger charge is -2.07. The molecule has 0 saturated carbocycles. The highest BCUT2D eigenvalue weighted by Crippen LogP contribution is 2.15. The minimum Gasteiger partial charge on any atom is -0.458 e. The van der Waals surface area contributed by atoms with Crippen LogP contribution in [0.5, 0.6) is 0 Å². The highest BCUT2D eigenvalue weighted by atomic mass is 35.5. The molecule has 1 heterocycles. The molecule has 4 N–H and O–H groups in total. The number of hydrogen-bond acceptors (Lipinski definition) is 6. The van der Waals surface area contributed by atoms with Crippen molar-refractivity contribution < 1.29 is 23.6 Å². The maximum Gasteiger partial charge on any atom is 0.329 e. The number of amides is 4. The second kappa shape index (κ2) is 11.6. The van der Waals surface area contributed by atoms with E-state index in [-0.39, 0.29) is 12.3 Å². The molecule has 0 saturated heterocycles. The van der Waals surface area contributed by atoms with Crippen LogP contribution in [0.4, 0.5) is 11.4 Å². The van der Waals surface area contributed by atoms with E-state index in [2.05, 4.69) is 26.5 Å². The number of halogens is 1.